The second-order valence-electron chi connectivity index (χ2n) is 10.3. The van der Waals surface area contributed by atoms with Crippen LogP contribution < -0.4 is 5.32 Å². The number of fused-ring (bicyclic) bond motifs is 1. The molecule has 3 atom stereocenters. The van der Waals surface area contributed by atoms with Crippen molar-refractivity contribution in [1.29, 1.82) is 0 Å². The first kappa shape index (κ1) is 28.8. The van der Waals surface area contributed by atoms with Gasteiger partial charge in [-0.15, -0.1) is 0 Å². The number of imide groups is 1. The fourth-order valence-electron chi connectivity index (χ4n) is 5.23. The maximum Gasteiger partial charge on any atom is 0.243 e. The van der Waals surface area contributed by atoms with E-state index in [-0.39, 0.29) is 67.4 Å². The van der Waals surface area contributed by atoms with Gasteiger partial charge in [0.2, 0.25) is 23.6 Å². The summed E-state index contributed by atoms with van der Waals surface area (Å²) in [5.41, 5.74) is 1.40. The summed E-state index contributed by atoms with van der Waals surface area (Å²) >= 11 is 12.9. The number of rotatable bonds is 10. The highest BCUT2D eigenvalue weighted by atomic mass is 35.5. The van der Waals surface area contributed by atoms with Crippen molar-refractivity contribution in [2.75, 3.05) is 6.54 Å². The minimum Gasteiger partial charge on any atom is -0.352 e. The Balaban J connectivity index is 1.62. The molecule has 1 aliphatic carbocycles. The van der Waals surface area contributed by atoms with Crippen LogP contribution in [-0.4, -0.2) is 52.1 Å². The van der Waals surface area contributed by atoms with Crippen molar-refractivity contribution in [3.8, 4) is 0 Å². The van der Waals surface area contributed by atoms with Crippen molar-refractivity contribution >= 4 is 46.8 Å². The largest absolute Gasteiger partial charge is 0.352 e. The summed E-state index contributed by atoms with van der Waals surface area (Å²) in [6.45, 7) is 3.67. The lowest BCUT2D eigenvalue weighted by Gasteiger charge is -2.33. The van der Waals surface area contributed by atoms with E-state index in [9.17, 15) is 19.2 Å². The summed E-state index contributed by atoms with van der Waals surface area (Å²) in [4.78, 5) is 56.0. The van der Waals surface area contributed by atoms with Crippen molar-refractivity contribution in [3.63, 3.8) is 0 Å². The van der Waals surface area contributed by atoms with Crippen LogP contribution in [0.3, 0.4) is 0 Å². The van der Waals surface area contributed by atoms with Crippen molar-refractivity contribution in [3.05, 3.63) is 81.9 Å². The number of hydrogen-bond acceptors (Lipinski definition) is 4. The third-order valence-electron chi connectivity index (χ3n) is 7.24. The zero-order valence-electron chi connectivity index (χ0n) is 22.1. The minimum absolute atomic E-state index is 0.00256. The number of carbonyl (C=O) groups is 4. The normalized spacial score (nSPS) is 19.3. The molecule has 4 rings (SSSR count). The molecule has 7 nitrogen and oxygen atoms in total. The number of nitrogens with one attached hydrogen (secondary N) is 1. The smallest absolute Gasteiger partial charge is 0.243 e. The predicted molar refractivity (Wildman–Crippen MR) is 151 cm³/mol. The van der Waals surface area contributed by atoms with E-state index in [1.807, 2.05) is 56.3 Å². The summed E-state index contributed by atoms with van der Waals surface area (Å²) in [6.07, 6.45) is 5.07. The highest BCUT2D eigenvalue weighted by Gasteiger charge is 2.47. The Kier molecular flexibility index (Phi) is 9.46. The summed E-state index contributed by atoms with van der Waals surface area (Å²) in [7, 11) is 0. The third-order valence-corrected chi connectivity index (χ3v) is 7.95. The van der Waals surface area contributed by atoms with Crippen molar-refractivity contribution in [2.45, 2.75) is 58.2 Å². The van der Waals surface area contributed by atoms with Gasteiger partial charge in [-0.3, -0.25) is 24.1 Å². The first-order valence-corrected chi connectivity index (χ1v) is 14.0. The number of allylic oxidation sites excluding steroid dienone is 2. The number of halogens is 2. The van der Waals surface area contributed by atoms with Gasteiger partial charge < -0.3 is 10.2 Å². The molecule has 39 heavy (non-hydrogen) atoms. The van der Waals surface area contributed by atoms with Crippen LogP contribution in [0.4, 0.5) is 0 Å². The fourth-order valence-corrected chi connectivity index (χ4v) is 5.75. The van der Waals surface area contributed by atoms with Crippen molar-refractivity contribution in [2.24, 2.45) is 11.8 Å². The molecule has 4 amide bonds. The number of hydrogen-bond donors (Lipinski definition) is 1. The Hall–Kier alpha value is -3.16. The van der Waals surface area contributed by atoms with Gasteiger partial charge in [0.05, 0.1) is 11.8 Å². The van der Waals surface area contributed by atoms with E-state index in [4.69, 9.17) is 23.2 Å². The standard InChI is InChI=1S/C30H33Cl2N3O4/c1-19(2)33-28(37)26(17-20-9-4-3-5-10-20)35(18-23-24(31)13-8-14-25(23)32)27(36)15-16-34-29(38)21-11-6-7-12-22(21)30(34)39/h3-10,13-14,19,21-22,26H,11-12,15-18H2,1-2H3,(H,33,37)/t21-,22+,26-/m1/s1. The number of likely N-dealkylation sites (tertiary alicyclic amines) is 1. The van der Waals surface area contributed by atoms with Crippen LogP contribution in [0.15, 0.2) is 60.7 Å². The van der Waals surface area contributed by atoms with Gasteiger partial charge in [0.15, 0.2) is 0 Å². The van der Waals surface area contributed by atoms with E-state index >= 15 is 0 Å². The van der Waals surface area contributed by atoms with Gasteiger partial charge in [-0.2, -0.15) is 0 Å². The topological polar surface area (TPSA) is 86.8 Å². The molecule has 2 aromatic rings. The molecule has 1 aliphatic heterocycles. The first-order valence-electron chi connectivity index (χ1n) is 13.2. The van der Waals surface area contributed by atoms with Gasteiger partial charge in [-0.25, -0.2) is 0 Å². The molecule has 206 valence electrons. The van der Waals surface area contributed by atoms with Gasteiger partial charge in [0, 0.05) is 47.6 Å². The molecule has 1 N–H and O–H groups in total. The summed E-state index contributed by atoms with van der Waals surface area (Å²) in [5, 5.41) is 3.69. The van der Waals surface area contributed by atoms with Gasteiger partial charge in [0.25, 0.3) is 0 Å². The predicted octanol–water partition coefficient (Wildman–Crippen LogP) is 4.80. The molecule has 2 aliphatic rings. The number of carbonyl (C=O) groups excluding carboxylic acids is 4. The van der Waals surface area contributed by atoms with E-state index in [0.29, 0.717) is 28.5 Å². The van der Waals surface area contributed by atoms with Crippen LogP contribution in [0.5, 0.6) is 0 Å². The Morgan fingerprint density at radius 1 is 0.949 bits per heavy atom. The zero-order valence-corrected chi connectivity index (χ0v) is 23.6. The van der Waals surface area contributed by atoms with E-state index in [1.54, 1.807) is 18.2 Å². The average Bonchev–Trinajstić information content (AvgIpc) is 3.15. The maximum atomic E-state index is 13.9. The maximum absolute atomic E-state index is 13.9. The second kappa shape index (κ2) is 12.8. The first-order chi connectivity index (χ1) is 18.7. The lowest BCUT2D eigenvalue weighted by atomic mass is 9.85. The molecule has 0 aromatic heterocycles. The molecule has 0 radical (unpaired) electrons. The lowest BCUT2D eigenvalue weighted by Crippen LogP contribution is -2.52. The van der Waals surface area contributed by atoms with Crippen LogP contribution >= 0.6 is 23.2 Å². The van der Waals surface area contributed by atoms with E-state index < -0.39 is 6.04 Å². The quantitative estimate of drug-likeness (QED) is 0.329. The molecule has 0 spiro atoms. The summed E-state index contributed by atoms with van der Waals surface area (Å²) < 4.78 is 0. The average molecular weight is 571 g/mol. The van der Waals surface area contributed by atoms with E-state index in [2.05, 4.69) is 5.32 Å². The molecular formula is C30H33Cl2N3O4. The van der Waals surface area contributed by atoms with Crippen molar-refractivity contribution < 1.29 is 19.2 Å². The Morgan fingerprint density at radius 2 is 1.54 bits per heavy atom. The molecule has 9 heteroatoms. The van der Waals surface area contributed by atoms with E-state index in [0.717, 1.165) is 5.56 Å². The monoisotopic (exact) mass is 569 g/mol. The van der Waals surface area contributed by atoms with Gasteiger partial charge in [-0.05, 0) is 44.4 Å². The third kappa shape index (κ3) is 6.71. The molecule has 0 saturated carbocycles. The van der Waals surface area contributed by atoms with Crippen LogP contribution in [-0.2, 0) is 32.1 Å². The second-order valence-corrected chi connectivity index (χ2v) is 11.1. The molecular weight excluding hydrogens is 537 g/mol. The molecule has 0 bridgehead atoms. The number of nitrogens with zero attached hydrogens (tertiary/aromatic N) is 2. The van der Waals surface area contributed by atoms with Crippen LogP contribution in [0.2, 0.25) is 10.0 Å². The summed E-state index contributed by atoms with van der Waals surface area (Å²) in [5.74, 6) is -1.88. The van der Waals surface area contributed by atoms with E-state index in [1.165, 1.54) is 9.80 Å². The highest BCUT2D eigenvalue weighted by Crippen LogP contribution is 2.35. The molecule has 1 fully saturated rings. The summed E-state index contributed by atoms with van der Waals surface area (Å²) in [6, 6.07) is 13.5. The van der Waals surface area contributed by atoms with Crippen LogP contribution in [0.1, 0.15) is 44.2 Å². The Bertz CT molecular complexity index is 1220. The van der Waals surface area contributed by atoms with Gasteiger partial charge in [-0.1, -0.05) is 71.8 Å². The lowest BCUT2D eigenvalue weighted by molar-refractivity contribution is -0.144. The molecule has 2 aromatic carbocycles. The van der Waals surface area contributed by atoms with Crippen LogP contribution in [0.25, 0.3) is 0 Å². The Labute approximate surface area is 239 Å². The zero-order chi connectivity index (χ0) is 28.1. The number of amides is 4. The van der Waals surface area contributed by atoms with Crippen molar-refractivity contribution in [1.82, 2.24) is 15.1 Å². The van der Waals surface area contributed by atoms with Gasteiger partial charge in [0.1, 0.15) is 6.04 Å². The molecule has 0 unspecified atom stereocenters. The molecule has 1 heterocycles. The fraction of sp³-hybridized carbons (Fsp3) is 0.400. The Morgan fingerprint density at radius 3 is 2.10 bits per heavy atom. The molecule has 1 saturated heterocycles. The van der Waals surface area contributed by atoms with Crippen LogP contribution in [0, 0.1) is 11.8 Å². The SMILES string of the molecule is CC(C)NC(=O)[C@@H](Cc1ccccc1)N(Cc1c(Cl)cccc1Cl)C(=O)CCN1C(=O)[C@H]2CC=CC[C@H]2C1=O. The highest BCUT2D eigenvalue weighted by molar-refractivity contribution is 6.36. The minimum atomic E-state index is -0.869. The number of benzene rings is 2. The van der Waals surface area contributed by atoms with Gasteiger partial charge >= 0.3 is 0 Å².